The minimum Gasteiger partial charge on any atom is -0.393 e. The molecule has 0 aliphatic heterocycles. The molecule has 0 heterocycles. The second-order valence-electron chi connectivity index (χ2n) is 3.81. The van der Waals surface area contributed by atoms with Crippen LogP contribution >= 0.6 is 0 Å². The number of aliphatic hydroxyl groups is 1. The molecular weight excluding hydrogens is 136 g/mol. The lowest BCUT2D eigenvalue weighted by Gasteiger charge is -2.27. The summed E-state index contributed by atoms with van der Waals surface area (Å²) in [7, 11) is 0. The molecular formula is C10H16O. The van der Waals surface area contributed by atoms with Gasteiger partial charge in [0.05, 0.1) is 6.10 Å². The van der Waals surface area contributed by atoms with Crippen LogP contribution in [0.2, 0.25) is 0 Å². The maximum absolute atomic E-state index is 9.41. The molecule has 0 radical (unpaired) electrons. The van der Waals surface area contributed by atoms with E-state index >= 15 is 0 Å². The smallest absolute Gasteiger partial charge is 0.0580 e. The van der Waals surface area contributed by atoms with Crippen LogP contribution in [0.15, 0.2) is 11.1 Å². The molecule has 1 atom stereocenters. The lowest BCUT2D eigenvalue weighted by molar-refractivity contribution is 0.154. The minimum atomic E-state index is -0.0214. The van der Waals surface area contributed by atoms with Gasteiger partial charge in [-0.15, -0.1) is 0 Å². The first-order valence-corrected chi connectivity index (χ1v) is 4.74. The second-order valence-corrected chi connectivity index (χ2v) is 3.81. The Hall–Kier alpha value is -0.300. The van der Waals surface area contributed by atoms with E-state index < -0.39 is 0 Å². The molecule has 1 nitrogen and oxygen atoms in total. The van der Waals surface area contributed by atoms with Crippen molar-refractivity contribution in [2.75, 3.05) is 0 Å². The van der Waals surface area contributed by atoms with Crippen LogP contribution in [0.3, 0.4) is 0 Å². The highest BCUT2D eigenvalue weighted by Gasteiger charge is 2.20. The number of hydrogen-bond acceptors (Lipinski definition) is 1. The molecule has 0 spiro atoms. The summed E-state index contributed by atoms with van der Waals surface area (Å²) >= 11 is 0. The number of hydrogen-bond donors (Lipinski definition) is 1. The minimum absolute atomic E-state index is 0.0214. The first-order valence-electron chi connectivity index (χ1n) is 4.74. The van der Waals surface area contributed by atoms with Crippen molar-refractivity contribution >= 4 is 0 Å². The Labute approximate surface area is 68.1 Å². The van der Waals surface area contributed by atoms with E-state index in [1.165, 1.54) is 32.1 Å². The molecule has 0 aromatic carbocycles. The Balaban J connectivity index is 2.12. The highest BCUT2D eigenvalue weighted by atomic mass is 16.3. The third kappa shape index (κ3) is 1.48. The molecule has 0 saturated heterocycles. The first kappa shape index (κ1) is 7.35. The van der Waals surface area contributed by atoms with E-state index in [0.29, 0.717) is 0 Å². The summed E-state index contributed by atoms with van der Waals surface area (Å²) in [6.45, 7) is 0. The van der Waals surface area contributed by atoms with Crippen molar-refractivity contribution in [1.29, 1.82) is 0 Å². The van der Waals surface area contributed by atoms with Gasteiger partial charge in [0.25, 0.3) is 0 Å². The third-order valence-corrected chi connectivity index (χ3v) is 2.97. The lowest BCUT2D eigenvalue weighted by Crippen LogP contribution is -2.16. The van der Waals surface area contributed by atoms with Gasteiger partial charge in [0.2, 0.25) is 0 Å². The Morgan fingerprint density at radius 3 is 2.55 bits per heavy atom. The molecule has 0 bridgehead atoms. The molecule has 0 amide bonds. The van der Waals surface area contributed by atoms with Gasteiger partial charge in [0.15, 0.2) is 0 Å². The third-order valence-electron chi connectivity index (χ3n) is 2.97. The quantitative estimate of drug-likeness (QED) is 0.528. The molecule has 62 valence electrons. The molecule has 0 fully saturated rings. The monoisotopic (exact) mass is 152 g/mol. The van der Waals surface area contributed by atoms with E-state index in [9.17, 15) is 5.11 Å². The van der Waals surface area contributed by atoms with E-state index in [0.717, 1.165) is 12.8 Å². The largest absolute Gasteiger partial charge is 0.393 e. The van der Waals surface area contributed by atoms with Crippen LogP contribution < -0.4 is 0 Å². The van der Waals surface area contributed by atoms with Crippen LogP contribution in [-0.2, 0) is 0 Å². The van der Waals surface area contributed by atoms with Crippen LogP contribution in [0.4, 0.5) is 0 Å². The van der Waals surface area contributed by atoms with Crippen molar-refractivity contribution in [3.63, 3.8) is 0 Å². The van der Waals surface area contributed by atoms with Crippen LogP contribution in [0, 0.1) is 0 Å². The average Bonchev–Trinajstić information content (AvgIpc) is 2.04. The number of aliphatic hydroxyl groups excluding tert-OH is 1. The Morgan fingerprint density at radius 2 is 1.73 bits per heavy atom. The maximum atomic E-state index is 9.41. The summed E-state index contributed by atoms with van der Waals surface area (Å²) in [4.78, 5) is 0. The lowest BCUT2D eigenvalue weighted by atomic mass is 9.81. The zero-order chi connectivity index (χ0) is 7.68. The highest BCUT2D eigenvalue weighted by molar-refractivity contribution is 5.20. The van der Waals surface area contributed by atoms with Gasteiger partial charge in [-0.3, -0.25) is 0 Å². The van der Waals surface area contributed by atoms with Crippen molar-refractivity contribution in [3.05, 3.63) is 11.1 Å². The molecule has 1 N–H and O–H groups in total. The molecule has 0 aromatic rings. The van der Waals surface area contributed by atoms with Gasteiger partial charge in [0, 0.05) is 0 Å². The van der Waals surface area contributed by atoms with Crippen molar-refractivity contribution < 1.29 is 5.11 Å². The van der Waals surface area contributed by atoms with Crippen molar-refractivity contribution in [3.8, 4) is 0 Å². The Bertz CT molecular complexity index is 181. The predicted molar refractivity (Wildman–Crippen MR) is 45.4 cm³/mol. The van der Waals surface area contributed by atoms with Gasteiger partial charge in [-0.1, -0.05) is 11.1 Å². The highest BCUT2D eigenvalue weighted by Crippen LogP contribution is 2.35. The summed E-state index contributed by atoms with van der Waals surface area (Å²) in [5.74, 6) is 0. The summed E-state index contributed by atoms with van der Waals surface area (Å²) in [6.07, 6.45) is 8.48. The number of allylic oxidation sites excluding steroid dienone is 1. The molecule has 2 rings (SSSR count). The van der Waals surface area contributed by atoms with Crippen LogP contribution in [0.1, 0.15) is 44.9 Å². The van der Waals surface area contributed by atoms with Crippen LogP contribution in [0.25, 0.3) is 0 Å². The number of rotatable bonds is 0. The van der Waals surface area contributed by atoms with Gasteiger partial charge < -0.3 is 5.11 Å². The van der Waals surface area contributed by atoms with E-state index in [4.69, 9.17) is 0 Å². The van der Waals surface area contributed by atoms with E-state index in [1.807, 2.05) is 0 Å². The molecule has 0 aromatic heterocycles. The molecule has 2 aliphatic rings. The van der Waals surface area contributed by atoms with Gasteiger partial charge in [0.1, 0.15) is 0 Å². The SMILES string of the molecule is O[C@H]1CCC2=C(CCCC2)C1. The zero-order valence-electron chi connectivity index (χ0n) is 6.97. The fourth-order valence-electron chi connectivity index (χ4n) is 2.31. The van der Waals surface area contributed by atoms with Crippen molar-refractivity contribution in [1.82, 2.24) is 0 Å². The fourth-order valence-corrected chi connectivity index (χ4v) is 2.31. The Kier molecular flexibility index (Phi) is 1.99. The Morgan fingerprint density at radius 1 is 1.00 bits per heavy atom. The summed E-state index contributed by atoms with van der Waals surface area (Å²) < 4.78 is 0. The van der Waals surface area contributed by atoms with Gasteiger partial charge >= 0.3 is 0 Å². The second kappa shape index (κ2) is 2.98. The molecule has 0 saturated carbocycles. The fraction of sp³-hybridized carbons (Fsp3) is 0.800. The van der Waals surface area contributed by atoms with E-state index in [-0.39, 0.29) is 6.10 Å². The standard InChI is InChI=1S/C10H16O/c11-10-6-5-8-3-1-2-4-9(8)7-10/h10-11H,1-7H2/t10-/m0/s1. The first-order chi connectivity index (χ1) is 5.36. The normalized spacial score (nSPS) is 31.9. The summed E-state index contributed by atoms with van der Waals surface area (Å²) in [5, 5.41) is 9.41. The zero-order valence-corrected chi connectivity index (χ0v) is 6.97. The topological polar surface area (TPSA) is 20.2 Å². The molecule has 1 heteroatoms. The van der Waals surface area contributed by atoms with Gasteiger partial charge in [-0.2, -0.15) is 0 Å². The summed E-state index contributed by atoms with van der Waals surface area (Å²) in [6, 6.07) is 0. The van der Waals surface area contributed by atoms with Crippen LogP contribution in [-0.4, -0.2) is 11.2 Å². The maximum Gasteiger partial charge on any atom is 0.0580 e. The van der Waals surface area contributed by atoms with Crippen molar-refractivity contribution in [2.24, 2.45) is 0 Å². The van der Waals surface area contributed by atoms with Gasteiger partial charge in [-0.05, 0) is 44.9 Å². The van der Waals surface area contributed by atoms with E-state index in [2.05, 4.69) is 0 Å². The van der Waals surface area contributed by atoms with Gasteiger partial charge in [-0.25, -0.2) is 0 Å². The van der Waals surface area contributed by atoms with E-state index in [1.54, 1.807) is 11.1 Å². The average molecular weight is 152 g/mol. The molecule has 0 unspecified atom stereocenters. The molecule has 11 heavy (non-hydrogen) atoms. The van der Waals surface area contributed by atoms with Crippen LogP contribution in [0.5, 0.6) is 0 Å². The summed E-state index contributed by atoms with van der Waals surface area (Å²) in [5.41, 5.74) is 3.27. The predicted octanol–water partition coefficient (Wildman–Crippen LogP) is 2.40. The molecule has 2 aliphatic carbocycles. The van der Waals surface area contributed by atoms with Crippen molar-refractivity contribution in [2.45, 2.75) is 51.0 Å².